The monoisotopic (exact) mass is 233 g/mol. The van der Waals surface area contributed by atoms with E-state index in [1.807, 2.05) is 42.2 Å². The first-order valence-corrected chi connectivity index (χ1v) is 6.14. The Balaban J connectivity index is 1.88. The van der Waals surface area contributed by atoms with Gasteiger partial charge < -0.3 is 9.64 Å². The SMILES string of the molecule is C[C@@H]1CCC(=O)N1CO[C@H](C)c1ccccc1. The smallest absolute Gasteiger partial charge is 0.224 e. The van der Waals surface area contributed by atoms with Crippen LogP contribution in [0.1, 0.15) is 38.4 Å². The maximum Gasteiger partial charge on any atom is 0.224 e. The summed E-state index contributed by atoms with van der Waals surface area (Å²) in [7, 11) is 0. The lowest BCUT2D eigenvalue weighted by Gasteiger charge is -2.24. The van der Waals surface area contributed by atoms with Crippen molar-refractivity contribution in [2.24, 2.45) is 0 Å². The summed E-state index contributed by atoms with van der Waals surface area (Å²) in [5, 5.41) is 0. The molecule has 0 radical (unpaired) electrons. The summed E-state index contributed by atoms with van der Waals surface area (Å²) in [5.74, 6) is 0.206. The summed E-state index contributed by atoms with van der Waals surface area (Å²) in [6.07, 6.45) is 1.63. The molecule has 1 aliphatic rings. The maximum atomic E-state index is 11.6. The van der Waals surface area contributed by atoms with Crippen molar-refractivity contribution in [2.75, 3.05) is 6.73 Å². The zero-order valence-corrected chi connectivity index (χ0v) is 10.4. The first-order chi connectivity index (χ1) is 8.18. The number of carbonyl (C=O) groups is 1. The van der Waals surface area contributed by atoms with Crippen molar-refractivity contribution in [3.8, 4) is 0 Å². The molecule has 3 heteroatoms. The highest BCUT2D eigenvalue weighted by Gasteiger charge is 2.27. The van der Waals surface area contributed by atoms with Crippen molar-refractivity contribution in [1.29, 1.82) is 0 Å². The fourth-order valence-corrected chi connectivity index (χ4v) is 2.09. The minimum Gasteiger partial charge on any atom is -0.353 e. The molecule has 0 saturated carbocycles. The molecule has 1 heterocycles. The maximum absolute atomic E-state index is 11.6. The fourth-order valence-electron chi connectivity index (χ4n) is 2.09. The lowest BCUT2D eigenvalue weighted by atomic mass is 10.1. The van der Waals surface area contributed by atoms with Gasteiger partial charge in [0.05, 0.1) is 6.10 Å². The van der Waals surface area contributed by atoms with Crippen LogP contribution in [0.25, 0.3) is 0 Å². The Bertz CT molecular complexity index is 377. The molecule has 0 aliphatic carbocycles. The number of ether oxygens (including phenoxy) is 1. The van der Waals surface area contributed by atoms with Crippen molar-refractivity contribution < 1.29 is 9.53 Å². The minimum atomic E-state index is 0.0248. The zero-order chi connectivity index (χ0) is 12.3. The van der Waals surface area contributed by atoms with Crippen molar-refractivity contribution in [1.82, 2.24) is 4.90 Å². The third-order valence-electron chi connectivity index (χ3n) is 3.36. The molecular weight excluding hydrogens is 214 g/mol. The summed E-state index contributed by atoms with van der Waals surface area (Å²) in [6.45, 7) is 4.48. The summed E-state index contributed by atoms with van der Waals surface area (Å²) >= 11 is 0. The second-order valence-electron chi connectivity index (χ2n) is 4.60. The van der Waals surface area contributed by atoms with E-state index in [1.165, 1.54) is 0 Å². The molecule has 1 aliphatic heterocycles. The number of rotatable bonds is 4. The second-order valence-corrected chi connectivity index (χ2v) is 4.60. The molecule has 2 rings (SSSR count). The second kappa shape index (κ2) is 5.32. The molecular formula is C14H19NO2. The van der Waals surface area contributed by atoms with Crippen LogP contribution in [-0.4, -0.2) is 23.6 Å². The lowest BCUT2D eigenvalue weighted by Crippen LogP contribution is -2.33. The van der Waals surface area contributed by atoms with Crippen LogP contribution < -0.4 is 0 Å². The summed E-state index contributed by atoms with van der Waals surface area (Å²) in [6, 6.07) is 10.4. The van der Waals surface area contributed by atoms with E-state index in [2.05, 4.69) is 6.92 Å². The molecule has 1 saturated heterocycles. The molecule has 0 bridgehead atoms. The van der Waals surface area contributed by atoms with E-state index in [0.717, 1.165) is 12.0 Å². The van der Waals surface area contributed by atoms with Crippen molar-refractivity contribution in [2.45, 2.75) is 38.8 Å². The number of benzene rings is 1. The van der Waals surface area contributed by atoms with Gasteiger partial charge in [0, 0.05) is 12.5 Å². The van der Waals surface area contributed by atoms with E-state index < -0.39 is 0 Å². The number of amides is 1. The first-order valence-electron chi connectivity index (χ1n) is 6.14. The Hall–Kier alpha value is -1.35. The topological polar surface area (TPSA) is 29.5 Å². The molecule has 1 fully saturated rings. The van der Waals surface area contributed by atoms with Crippen molar-refractivity contribution in [3.05, 3.63) is 35.9 Å². The number of carbonyl (C=O) groups excluding carboxylic acids is 1. The van der Waals surface area contributed by atoms with Gasteiger partial charge in [-0.2, -0.15) is 0 Å². The van der Waals surface area contributed by atoms with Gasteiger partial charge in [-0.1, -0.05) is 30.3 Å². The van der Waals surface area contributed by atoms with Gasteiger partial charge in [0.2, 0.25) is 5.91 Å². The Morgan fingerprint density at radius 3 is 2.71 bits per heavy atom. The average molecular weight is 233 g/mol. The lowest BCUT2D eigenvalue weighted by molar-refractivity contribution is -0.136. The molecule has 1 aromatic rings. The summed E-state index contributed by atoms with van der Waals surface area (Å²) in [4.78, 5) is 13.4. The Morgan fingerprint density at radius 2 is 2.12 bits per heavy atom. The highest BCUT2D eigenvalue weighted by molar-refractivity contribution is 5.78. The Kier molecular flexibility index (Phi) is 3.79. The van der Waals surface area contributed by atoms with Gasteiger partial charge in [-0.15, -0.1) is 0 Å². The van der Waals surface area contributed by atoms with Crippen molar-refractivity contribution in [3.63, 3.8) is 0 Å². The van der Waals surface area contributed by atoms with E-state index in [0.29, 0.717) is 19.2 Å². The third kappa shape index (κ3) is 2.86. The molecule has 92 valence electrons. The van der Waals surface area contributed by atoms with Crippen LogP contribution >= 0.6 is 0 Å². The predicted octanol–water partition coefficient (Wildman–Crippen LogP) is 2.73. The summed E-state index contributed by atoms with van der Waals surface area (Å²) in [5.41, 5.74) is 1.15. The molecule has 1 amide bonds. The van der Waals surface area contributed by atoms with Gasteiger partial charge >= 0.3 is 0 Å². The quantitative estimate of drug-likeness (QED) is 0.800. The third-order valence-corrected chi connectivity index (χ3v) is 3.36. The fraction of sp³-hybridized carbons (Fsp3) is 0.500. The van der Waals surface area contributed by atoms with Crippen LogP contribution in [0.2, 0.25) is 0 Å². The number of hydrogen-bond donors (Lipinski definition) is 0. The van der Waals surface area contributed by atoms with E-state index >= 15 is 0 Å². The molecule has 0 aromatic heterocycles. The van der Waals surface area contributed by atoms with Crippen LogP contribution in [-0.2, 0) is 9.53 Å². The standard InChI is InChI=1S/C14H19NO2/c1-11-8-9-14(16)15(11)10-17-12(2)13-6-4-3-5-7-13/h3-7,11-12H,8-10H2,1-2H3/t11-,12-/m1/s1. The minimum absolute atomic E-state index is 0.0248. The van der Waals surface area contributed by atoms with Gasteiger partial charge in [0.1, 0.15) is 6.73 Å². The van der Waals surface area contributed by atoms with E-state index in [1.54, 1.807) is 0 Å². The zero-order valence-electron chi connectivity index (χ0n) is 10.4. The molecule has 3 nitrogen and oxygen atoms in total. The van der Waals surface area contributed by atoms with E-state index in [4.69, 9.17) is 4.74 Å². The molecule has 17 heavy (non-hydrogen) atoms. The first kappa shape index (κ1) is 12.1. The number of nitrogens with zero attached hydrogens (tertiary/aromatic N) is 1. The number of hydrogen-bond acceptors (Lipinski definition) is 2. The van der Waals surface area contributed by atoms with Crippen molar-refractivity contribution >= 4 is 5.91 Å². The van der Waals surface area contributed by atoms with Crippen LogP contribution in [0, 0.1) is 0 Å². The van der Waals surface area contributed by atoms with Gasteiger partial charge in [-0.25, -0.2) is 0 Å². The van der Waals surface area contributed by atoms with Gasteiger partial charge in [0.25, 0.3) is 0 Å². The van der Waals surface area contributed by atoms with Crippen LogP contribution in [0.4, 0.5) is 0 Å². The molecule has 2 atom stereocenters. The Labute approximate surface area is 102 Å². The summed E-state index contributed by atoms with van der Waals surface area (Å²) < 4.78 is 5.76. The van der Waals surface area contributed by atoms with E-state index in [-0.39, 0.29) is 12.0 Å². The predicted molar refractivity (Wildman–Crippen MR) is 66.4 cm³/mol. The average Bonchev–Trinajstić information content (AvgIpc) is 2.67. The molecule has 0 spiro atoms. The largest absolute Gasteiger partial charge is 0.353 e. The number of likely N-dealkylation sites (tertiary alicyclic amines) is 1. The molecule has 1 aromatic carbocycles. The van der Waals surface area contributed by atoms with Gasteiger partial charge in [-0.3, -0.25) is 4.79 Å². The highest BCUT2D eigenvalue weighted by atomic mass is 16.5. The Morgan fingerprint density at radius 1 is 1.41 bits per heavy atom. The van der Waals surface area contributed by atoms with Crippen LogP contribution in [0.15, 0.2) is 30.3 Å². The molecule has 0 unspecified atom stereocenters. The van der Waals surface area contributed by atoms with Crippen LogP contribution in [0.3, 0.4) is 0 Å². The molecule has 0 N–H and O–H groups in total. The normalized spacial score (nSPS) is 21.9. The highest BCUT2D eigenvalue weighted by Crippen LogP contribution is 2.21. The van der Waals surface area contributed by atoms with E-state index in [9.17, 15) is 4.79 Å². The van der Waals surface area contributed by atoms with Crippen LogP contribution in [0.5, 0.6) is 0 Å². The van der Waals surface area contributed by atoms with Gasteiger partial charge in [-0.05, 0) is 25.8 Å². The van der Waals surface area contributed by atoms with Gasteiger partial charge in [0.15, 0.2) is 0 Å².